The first-order valence-corrected chi connectivity index (χ1v) is 10.6. The molecule has 1 unspecified atom stereocenters. The number of hydrogen-bond acceptors (Lipinski definition) is 6. The maximum atomic E-state index is 12.4. The molecular weight excluding hydrogens is 342 g/mol. The molecule has 140 valence electrons. The minimum absolute atomic E-state index is 0.138. The molecule has 3 rings (SSSR count). The summed E-state index contributed by atoms with van der Waals surface area (Å²) in [4.78, 5) is 18.6. The summed E-state index contributed by atoms with van der Waals surface area (Å²) in [6.07, 6.45) is 4.39. The van der Waals surface area contributed by atoms with Crippen LogP contribution in [0.25, 0.3) is 0 Å². The van der Waals surface area contributed by atoms with Crippen molar-refractivity contribution in [1.82, 2.24) is 24.5 Å². The molecule has 1 aromatic heterocycles. The number of carbonyl (C=O) groups is 1. The molecule has 2 aliphatic rings. The summed E-state index contributed by atoms with van der Waals surface area (Å²) in [6, 6.07) is 2.03. The average molecular weight is 369 g/mol. The van der Waals surface area contributed by atoms with Crippen molar-refractivity contribution < 1.29 is 13.2 Å². The summed E-state index contributed by atoms with van der Waals surface area (Å²) in [6.45, 7) is 4.84. The van der Waals surface area contributed by atoms with Gasteiger partial charge in [0.2, 0.25) is 5.91 Å². The first-order chi connectivity index (χ1) is 11.9. The van der Waals surface area contributed by atoms with Crippen LogP contribution in [-0.4, -0.2) is 103 Å². The van der Waals surface area contributed by atoms with Gasteiger partial charge in [0.15, 0.2) is 9.84 Å². The molecule has 0 N–H and O–H groups in total. The van der Waals surface area contributed by atoms with Gasteiger partial charge in [0.05, 0.1) is 24.6 Å². The molecule has 3 heterocycles. The van der Waals surface area contributed by atoms with Crippen LogP contribution in [0.2, 0.25) is 0 Å². The van der Waals surface area contributed by atoms with E-state index in [1.165, 1.54) is 0 Å². The molecule has 0 spiro atoms. The number of hydrogen-bond donors (Lipinski definition) is 0. The summed E-state index contributed by atoms with van der Waals surface area (Å²) in [5.74, 6) is 0.719. The van der Waals surface area contributed by atoms with Crippen LogP contribution in [-0.2, 0) is 21.2 Å². The van der Waals surface area contributed by atoms with E-state index in [0.29, 0.717) is 25.4 Å². The Morgan fingerprint density at radius 1 is 1.28 bits per heavy atom. The Morgan fingerprint density at radius 3 is 2.64 bits per heavy atom. The summed E-state index contributed by atoms with van der Waals surface area (Å²) >= 11 is 0. The van der Waals surface area contributed by atoms with Crippen LogP contribution in [0.15, 0.2) is 18.5 Å². The third kappa shape index (κ3) is 5.02. The van der Waals surface area contributed by atoms with E-state index in [4.69, 9.17) is 0 Å². The summed E-state index contributed by atoms with van der Waals surface area (Å²) in [7, 11) is -0.906. The third-order valence-corrected chi connectivity index (χ3v) is 6.82. The van der Waals surface area contributed by atoms with Crippen LogP contribution in [0.4, 0.5) is 0 Å². The van der Waals surface area contributed by atoms with Crippen molar-refractivity contribution in [2.24, 2.45) is 0 Å². The molecule has 0 radical (unpaired) electrons. The molecule has 0 bridgehead atoms. The molecule has 8 nitrogen and oxygen atoms in total. The lowest BCUT2D eigenvalue weighted by Crippen LogP contribution is -2.53. The molecule has 1 aromatic rings. The zero-order chi connectivity index (χ0) is 17.9. The van der Waals surface area contributed by atoms with Gasteiger partial charge >= 0.3 is 0 Å². The van der Waals surface area contributed by atoms with Gasteiger partial charge in [0, 0.05) is 51.2 Å². The Balaban J connectivity index is 1.39. The van der Waals surface area contributed by atoms with Crippen LogP contribution in [0.5, 0.6) is 0 Å². The lowest BCUT2D eigenvalue weighted by Gasteiger charge is -2.38. The Bertz CT molecular complexity index is 668. The van der Waals surface area contributed by atoms with E-state index >= 15 is 0 Å². The normalized spacial score (nSPS) is 24.1. The van der Waals surface area contributed by atoms with Crippen molar-refractivity contribution in [3.05, 3.63) is 18.5 Å². The number of nitrogens with zero attached hydrogens (tertiary/aromatic N) is 5. The number of likely N-dealkylation sites (N-methyl/N-ethyl adjacent to an activating group) is 1. The smallest absolute Gasteiger partial charge is 0.236 e. The zero-order valence-electron chi connectivity index (χ0n) is 14.7. The van der Waals surface area contributed by atoms with Crippen molar-refractivity contribution in [2.45, 2.75) is 19.0 Å². The number of rotatable bonds is 6. The minimum Gasteiger partial charge on any atom is -0.339 e. The fourth-order valence-electron chi connectivity index (χ4n) is 3.52. The average Bonchev–Trinajstić information content (AvgIpc) is 3.22. The van der Waals surface area contributed by atoms with Crippen molar-refractivity contribution in [1.29, 1.82) is 0 Å². The SMILES string of the molecule is CN(CCn1cccn1)CC(=O)N1CCN(C2CCS(=O)(=O)C2)CC1. The number of piperazine rings is 1. The fourth-order valence-corrected chi connectivity index (χ4v) is 5.28. The van der Waals surface area contributed by atoms with Gasteiger partial charge in [-0.1, -0.05) is 0 Å². The highest BCUT2D eigenvalue weighted by molar-refractivity contribution is 7.91. The number of amides is 1. The molecule has 1 amide bonds. The highest BCUT2D eigenvalue weighted by Gasteiger charge is 2.34. The Kier molecular flexibility index (Phi) is 5.75. The van der Waals surface area contributed by atoms with E-state index in [0.717, 1.165) is 32.6 Å². The molecule has 25 heavy (non-hydrogen) atoms. The molecule has 0 aromatic carbocycles. The quantitative estimate of drug-likeness (QED) is 0.650. The lowest BCUT2D eigenvalue weighted by atomic mass is 10.2. The van der Waals surface area contributed by atoms with Crippen LogP contribution in [0.3, 0.4) is 0 Å². The van der Waals surface area contributed by atoms with Gasteiger partial charge in [0.25, 0.3) is 0 Å². The van der Waals surface area contributed by atoms with Crippen molar-refractivity contribution in [2.75, 3.05) is 57.8 Å². The number of aromatic nitrogens is 2. The van der Waals surface area contributed by atoms with Crippen LogP contribution in [0, 0.1) is 0 Å². The van der Waals surface area contributed by atoms with Gasteiger partial charge < -0.3 is 4.90 Å². The standard InChI is InChI=1S/C16H27N5O3S/c1-18(6-11-21-5-2-4-17-21)13-16(22)20-9-7-19(8-10-20)15-3-12-25(23,24)14-15/h2,4-5,15H,3,6-14H2,1H3. The maximum absolute atomic E-state index is 12.4. The highest BCUT2D eigenvalue weighted by Crippen LogP contribution is 2.19. The Hall–Kier alpha value is -1.45. The zero-order valence-corrected chi connectivity index (χ0v) is 15.6. The Labute approximate surface area is 149 Å². The van der Waals surface area contributed by atoms with E-state index in [1.807, 2.05) is 33.8 Å². The van der Waals surface area contributed by atoms with E-state index in [-0.39, 0.29) is 17.7 Å². The largest absolute Gasteiger partial charge is 0.339 e. The summed E-state index contributed by atoms with van der Waals surface area (Å²) in [5, 5.41) is 4.16. The van der Waals surface area contributed by atoms with E-state index < -0.39 is 9.84 Å². The van der Waals surface area contributed by atoms with Crippen molar-refractivity contribution >= 4 is 15.7 Å². The van der Waals surface area contributed by atoms with Crippen LogP contribution < -0.4 is 0 Å². The lowest BCUT2D eigenvalue weighted by molar-refractivity contribution is -0.134. The molecular formula is C16H27N5O3S. The number of sulfone groups is 1. The number of carbonyl (C=O) groups excluding carboxylic acids is 1. The molecule has 2 aliphatic heterocycles. The first-order valence-electron chi connectivity index (χ1n) is 8.81. The Morgan fingerprint density at radius 2 is 2.04 bits per heavy atom. The van der Waals surface area contributed by atoms with Gasteiger partial charge in [-0.05, 0) is 19.5 Å². The van der Waals surface area contributed by atoms with Crippen molar-refractivity contribution in [3.8, 4) is 0 Å². The monoisotopic (exact) mass is 369 g/mol. The molecule has 1 atom stereocenters. The molecule has 0 aliphatic carbocycles. The van der Waals surface area contributed by atoms with Crippen LogP contribution >= 0.6 is 0 Å². The molecule has 0 saturated carbocycles. The van der Waals surface area contributed by atoms with Gasteiger partial charge in [-0.25, -0.2) is 8.42 Å². The van der Waals surface area contributed by atoms with E-state index in [2.05, 4.69) is 10.00 Å². The third-order valence-electron chi connectivity index (χ3n) is 5.07. The van der Waals surface area contributed by atoms with E-state index in [1.54, 1.807) is 6.20 Å². The summed E-state index contributed by atoms with van der Waals surface area (Å²) < 4.78 is 25.1. The molecule has 9 heteroatoms. The predicted octanol–water partition coefficient (Wildman–Crippen LogP) is -0.854. The van der Waals surface area contributed by atoms with Gasteiger partial charge in [-0.2, -0.15) is 5.10 Å². The maximum Gasteiger partial charge on any atom is 0.236 e. The van der Waals surface area contributed by atoms with Gasteiger partial charge in [-0.3, -0.25) is 19.3 Å². The predicted molar refractivity (Wildman–Crippen MR) is 94.9 cm³/mol. The topological polar surface area (TPSA) is 78.8 Å². The second-order valence-electron chi connectivity index (χ2n) is 6.98. The molecule has 2 fully saturated rings. The van der Waals surface area contributed by atoms with Crippen LogP contribution in [0.1, 0.15) is 6.42 Å². The van der Waals surface area contributed by atoms with Gasteiger partial charge in [0.1, 0.15) is 0 Å². The minimum atomic E-state index is -2.85. The highest BCUT2D eigenvalue weighted by atomic mass is 32.2. The fraction of sp³-hybridized carbons (Fsp3) is 0.750. The summed E-state index contributed by atoms with van der Waals surface area (Å²) in [5.41, 5.74) is 0. The second-order valence-corrected chi connectivity index (χ2v) is 9.21. The van der Waals surface area contributed by atoms with Crippen molar-refractivity contribution in [3.63, 3.8) is 0 Å². The van der Waals surface area contributed by atoms with Gasteiger partial charge in [-0.15, -0.1) is 0 Å². The second kappa shape index (κ2) is 7.84. The first kappa shape index (κ1) is 18.3. The molecule has 2 saturated heterocycles. The van der Waals surface area contributed by atoms with E-state index in [9.17, 15) is 13.2 Å².